The van der Waals surface area contributed by atoms with Crippen LogP contribution >= 0.6 is 11.6 Å². The number of rotatable bonds is 2. The number of aromatic nitrogens is 2. The molecule has 2 N–H and O–H groups in total. The van der Waals surface area contributed by atoms with Crippen molar-refractivity contribution in [3.63, 3.8) is 0 Å². The van der Waals surface area contributed by atoms with Gasteiger partial charge in [0.05, 0.1) is 6.54 Å². The van der Waals surface area contributed by atoms with Gasteiger partial charge >= 0.3 is 10.4 Å². The van der Waals surface area contributed by atoms with Gasteiger partial charge in [0.2, 0.25) is 0 Å². The predicted octanol–water partition coefficient (Wildman–Crippen LogP) is 1.18. The fraction of sp³-hybridized carbons (Fsp3) is 0.100. The molecule has 0 spiro atoms. The van der Waals surface area contributed by atoms with Gasteiger partial charge in [-0.1, -0.05) is 23.7 Å². The molecule has 0 saturated heterocycles. The molecule has 1 aromatic carbocycles. The SMILES string of the molecule is Nc1nn(Cc2ccc(Cl)cc2)c2c1OS(=O)(=O)O2. The third-order valence-electron chi connectivity index (χ3n) is 2.50. The van der Waals surface area contributed by atoms with Crippen molar-refractivity contribution in [1.29, 1.82) is 0 Å². The van der Waals surface area contributed by atoms with Gasteiger partial charge in [-0.15, -0.1) is 13.5 Å². The van der Waals surface area contributed by atoms with Gasteiger partial charge in [0.25, 0.3) is 11.6 Å². The van der Waals surface area contributed by atoms with Crippen molar-refractivity contribution < 1.29 is 16.8 Å². The van der Waals surface area contributed by atoms with E-state index in [0.29, 0.717) is 5.02 Å². The van der Waals surface area contributed by atoms with Crippen LogP contribution in [0.25, 0.3) is 0 Å². The van der Waals surface area contributed by atoms with Crippen molar-refractivity contribution in [2.75, 3.05) is 5.73 Å². The van der Waals surface area contributed by atoms with E-state index in [1.807, 2.05) is 0 Å². The molecule has 0 fully saturated rings. The van der Waals surface area contributed by atoms with E-state index in [0.717, 1.165) is 5.56 Å². The van der Waals surface area contributed by atoms with Crippen LogP contribution in [0.1, 0.15) is 5.56 Å². The first-order valence-electron chi connectivity index (χ1n) is 5.19. The van der Waals surface area contributed by atoms with E-state index in [1.54, 1.807) is 24.3 Å². The molecule has 2 aromatic rings. The first kappa shape index (κ1) is 12.1. The molecule has 0 amide bonds. The monoisotopic (exact) mass is 301 g/mol. The number of anilines is 1. The molecule has 9 heteroatoms. The maximum absolute atomic E-state index is 11.2. The molecule has 0 atom stereocenters. The lowest BCUT2D eigenvalue weighted by Gasteiger charge is -2.04. The molecular weight excluding hydrogens is 294 g/mol. The van der Waals surface area contributed by atoms with Gasteiger partial charge in [0.1, 0.15) is 0 Å². The maximum Gasteiger partial charge on any atom is 0.502 e. The van der Waals surface area contributed by atoms with E-state index in [9.17, 15) is 8.42 Å². The summed E-state index contributed by atoms with van der Waals surface area (Å²) >= 11 is 5.78. The number of nitrogens with two attached hydrogens (primary N) is 1. The molecule has 0 unspecified atom stereocenters. The van der Waals surface area contributed by atoms with Gasteiger partial charge in [-0.25, -0.2) is 4.68 Å². The summed E-state index contributed by atoms with van der Waals surface area (Å²) in [4.78, 5) is 0. The number of nitrogens with zero attached hydrogens (tertiary/aromatic N) is 2. The lowest BCUT2D eigenvalue weighted by Crippen LogP contribution is -2.13. The minimum Gasteiger partial charge on any atom is -0.379 e. The first-order valence-corrected chi connectivity index (χ1v) is 6.90. The fourth-order valence-corrected chi connectivity index (χ4v) is 2.57. The summed E-state index contributed by atoms with van der Waals surface area (Å²) in [6.45, 7) is 0.287. The van der Waals surface area contributed by atoms with Crippen molar-refractivity contribution in [2.45, 2.75) is 6.54 Å². The molecule has 1 aliphatic rings. The second-order valence-electron chi connectivity index (χ2n) is 3.88. The smallest absolute Gasteiger partial charge is 0.379 e. The number of hydrogen-bond acceptors (Lipinski definition) is 6. The van der Waals surface area contributed by atoms with E-state index in [2.05, 4.69) is 13.5 Å². The molecule has 100 valence electrons. The number of benzene rings is 1. The van der Waals surface area contributed by atoms with Crippen LogP contribution in [-0.2, 0) is 16.9 Å². The summed E-state index contributed by atoms with van der Waals surface area (Å²) in [7, 11) is -4.07. The van der Waals surface area contributed by atoms with E-state index < -0.39 is 10.4 Å². The Morgan fingerprint density at radius 2 is 1.95 bits per heavy atom. The molecule has 0 aliphatic carbocycles. The van der Waals surface area contributed by atoms with Crippen LogP contribution in [0.2, 0.25) is 5.02 Å². The van der Waals surface area contributed by atoms with Crippen LogP contribution in [0.4, 0.5) is 5.82 Å². The normalized spacial score (nSPS) is 15.6. The highest BCUT2D eigenvalue weighted by Gasteiger charge is 2.36. The molecule has 0 radical (unpaired) electrons. The molecule has 0 saturated carbocycles. The van der Waals surface area contributed by atoms with Crippen molar-refractivity contribution in [3.05, 3.63) is 34.9 Å². The largest absolute Gasteiger partial charge is 0.502 e. The summed E-state index contributed by atoms with van der Waals surface area (Å²) in [6.07, 6.45) is 0. The number of nitrogen functional groups attached to an aromatic ring is 1. The topological polar surface area (TPSA) is 96.4 Å². The van der Waals surface area contributed by atoms with Gasteiger partial charge in [0, 0.05) is 5.02 Å². The molecule has 19 heavy (non-hydrogen) atoms. The van der Waals surface area contributed by atoms with Crippen LogP contribution in [0.3, 0.4) is 0 Å². The van der Waals surface area contributed by atoms with Crippen LogP contribution in [0, 0.1) is 0 Å². The quantitative estimate of drug-likeness (QED) is 0.895. The Balaban J connectivity index is 1.96. The van der Waals surface area contributed by atoms with Gasteiger partial charge in [-0.2, -0.15) is 0 Å². The number of hydrogen-bond donors (Lipinski definition) is 1. The van der Waals surface area contributed by atoms with Crippen LogP contribution in [-0.4, -0.2) is 18.2 Å². The molecular formula is C10H8ClN3O4S. The third kappa shape index (κ3) is 2.20. The van der Waals surface area contributed by atoms with Crippen molar-refractivity contribution >= 4 is 27.8 Å². The minimum absolute atomic E-state index is 0.0209. The van der Waals surface area contributed by atoms with Crippen LogP contribution < -0.4 is 14.1 Å². The zero-order valence-corrected chi connectivity index (χ0v) is 11.0. The summed E-state index contributed by atoms with van der Waals surface area (Å²) in [5, 5.41) is 4.57. The molecule has 2 heterocycles. The molecule has 1 aliphatic heterocycles. The minimum atomic E-state index is -4.07. The van der Waals surface area contributed by atoms with Crippen molar-refractivity contribution in [2.24, 2.45) is 0 Å². The zero-order chi connectivity index (χ0) is 13.6. The Kier molecular flexibility index (Phi) is 2.58. The summed E-state index contributed by atoms with van der Waals surface area (Å²) in [6, 6.07) is 7.02. The average molecular weight is 302 g/mol. The Morgan fingerprint density at radius 3 is 2.63 bits per heavy atom. The highest BCUT2D eigenvalue weighted by Crippen LogP contribution is 2.40. The summed E-state index contributed by atoms with van der Waals surface area (Å²) < 4.78 is 33.0. The van der Waals surface area contributed by atoms with Gasteiger partial charge < -0.3 is 14.1 Å². The van der Waals surface area contributed by atoms with Gasteiger partial charge in [-0.3, -0.25) is 0 Å². The fourth-order valence-electron chi connectivity index (χ4n) is 1.69. The lowest BCUT2D eigenvalue weighted by molar-refractivity contribution is 0.418. The molecule has 3 rings (SSSR count). The molecule has 7 nitrogen and oxygen atoms in total. The Bertz CT molecular complexity index is 739. The van der Waals surface area contributed by atoms with Crippen LogP contribution in [0.15, 0.2) is 24.3 Å². The lowest BCUT2D eigenvalue weighted by atomic mass is 10.2. The van der Waals surface area contributed by atoms with E-state index in [4.69, 9.17) is 17.3 Å². The van der Waals surface area contributed by atoms with E-state index in [-0.39, 0.29) is 24.0 Å². The van der Waals surface area contributed by atoms with Crippen LogP contribution in [0.5, 0.6) is 11.6 Å². The average Bonchev–Trinajstić information content (AvgIpc) is 2.79. The second-order valence-corrected chi connectivity index (χ2v) is 5.46. The Labute approximate surface area is 113 Å². The van der Waals surface area contributed by atoms with E-state index >= 15 is 0 Å². The van der Waals surface area contributed by atoms with Crippen molar-refractivity contribution in [3.8, 4) is 11.6 Å². The highest BCUT2D eigenvalue weighted by molar-refractivity contribution is 7.82. The Morgan fingerprint density at radius 1 is 1.26 bits per heavy atom. The third-order valence-corrected chi connectivity index (χ3v) is 3.49. The van der Waals surface area contributed by atoms with E-state index in [1.165, 1.54) is 4.68 Å². The number of halogens is 1. The van der Waals surface area contributed by atoms with Gasteiger partial charge in [0.15, 0.2) is 5.82 Å². The summed E-state index contributed by atoms with van der Waals surface area (Å²) in [5.41, 5.74) is 6.43. The first-order chi connectivity index (χ1) is 8.94. The zero-order valence-electron chi connectivity index (χ0n) is 9.41. The number of fused-ring (bicyclic) bond motifs is 1. The standard InChI is InChI=1S/C10H8ClN3O4S/c11-7-3-1-6(2-4-7)5-14-10-8(9(12)13-14)17-19(15,16)18-10/h1-4H,5H2,(H2,12,13). The molecule has 0 bridgehead atoms. The maximum atomic E-state index is 11.2. The second kappa shape index (κ2) is 4.04. The Hall–Kier alpha value is -1.93. The van der Waals surface area contributed by atoms with Crippen molar-refractivity contribution in [1.82, 2.24) is 9.78 Å². The highest BCUT2D eigenvalue weighted by atomic mass is 35.5. The molecule has 1 aromatic heterocycles. The predicted molar refractivity (Wildman–Crippen MR) is 67.4 cm³/mol. The summed E-state index contributed by atoms with van der Waals surface area (Å²) in [5.74, 6) is -0.133. The van der Waals surface area contributed by atoms with Gasteiger partial charge in [-0.05, 0) is 17.7 Å².